The largest absolute Gasteiger partial charge is 0.497 e. The topological polar surface area (TPSA) is 34.1 Å². The van der Waals surface area contributed by atoms with Gasteiger partial charge in [0.15, 0.2) is 5.13 Å². The first-order valence-electron chi connectivity index (χ1n) is 7.12. The predicted octanol–water partition coefficient (Wildman–Crippen LogP) is 5.18. The number of rotatable bonds is 4. The van der Waals surface area contributed by atoms with E-state index >= 15 is 0 Å². The molecule has 0 atom stereocenters. The maximum Gasteiger partial charge on any atom is 0.187 e. The van der Waals surface area contributed by atoms with Crippen molar-refractivity contribution in [1.82, 2.24) is 4.98 Å². The molecule has 0 aliphatic heterocycles. The quantitative estimate of drug-likeness (QED) is 0.721. The normalized spacial score (nSPS) is 10.5. The molecule has 0 amide bonds. The lowest BCUT2D eigenvalue weighted by molar-refractivity contribution is 0.415. The van der Waals surface area contributed by atoms with Crippen LogP contribution in [0, 0.1) is 13.8 Å². The van der Waals surface area contributed by atoms with Crippen molar-refractivity contribution in [2.45, 2.75) is 13.8 Å². The Morgan fingerprint density at radius 2 is 1.73 bits per heavy atom. The molecule has 1 N–H and O–H groups in total. The fourth-order valence-corrected chi connectivity index (χ4v) is 3.14. The minimum absolute atomic E-state index is 0.856. The van der Waals surface area contributed by atoms with Crippen molar-refractivity contribution < 1.29 is 4.74 Å². The van der Waals surface area contributed by atoms with Crippen LogP contribution >= 0.6 is 11.3 Å². The molecular formula is C18H18N2OS. The number of ether oxygens (including phenoxy) is 1. The molecule has 3 aromatic rings. The summed E-state index contributed by atoms with van der Waals surface area (Å²) < 4.78 is 5.20. The number of nitrogens with zero attached hydrogens (tertiary/aromatic N) is 1. The highest BCUT2D eigenvalue weighted by Gasteiger charge is 2.10. The highest BCUT2D eigenvalue weighted by molar-refractivity contribution is 7.16. The highest BCUT2D eigenvalue weighted by Crippen LogP contribution is 2.33. The summed E-state index contributed by atoms with van der Waals surface area (Å²) in [5.41, 5.74) is 4.43. The lowest BCUT2D eigenvalue weighted by Crippen LogP contribution is -1.92. The lowest BCUT2D eigenvalue weighted by Gasteiger charge is -2.05. The smallest absolute Gasteiger partial charge is 0.187 e. The summed E-state index contributed by atoms with van der Waals surface area (Å²) in [5.74, 6) is 0.856. The fourth-order valence-electron chi connectivity index (χ4n) is 2.29. The van der Waals surface area contributed by atoms with E-state index in [1.54, 1.807) is 18.4 Å². The SMILES string of the molecule is COc1ccc(-c2nc(Nc3ccccc3C)sc2C)cc1. The predicted molar refractivity (Wildman–Crippen MR) is 93.3 cm³/mol. The van der Waals surface area contributed by atoms with Gasteiger partial charge in [0.1, 0.15) is 5.75 Å². The van der Waals surface area contributed by atoms with Gasteiger partial charge < -0.3 is 10.1 Å². The third-order valence-electron chi connectivity index (χ3n) is 3.55. The Morgan fingerprint density at radius 3 is 2.41 bits per heavy atom. The zero-order chi connectivity index (χ0) is 15.5. The van der Waals surface area contributed by atoms with Crippen molar-refractivity contribution in [2.24, 2.45) is 0 Å². The Hall–Kier alpha value is -2.33. The van der Waals surface area contributed by atoms with E-state index in [1.807, 2.05) is 36.4 Å². The second-order valence-electron chi connectivity index (χ2n) is 5.09. The average molecular weight is 310 g/mol. The molecular weight excluding hydrogens is 292 g/mol. The van der Waals surface area contributed by atoms with Gasteiger partial charge >= 0.3 is 0 Å². The van der Waals surface area contributed by atoms with Gasteiger partial charge in [0.05, 0.1) is 12.8 Å². The summed E-state index contributed by atoms with van der Waals surface area (Å²) in [5, 5.41) is 4.32. The van der Waals surface area contributed by atoms with Crippen LogP contribution in [0.2, 0.25) is 0 Å². The summed E-state index contributed by atoms with van der Waals surface area (Å²) in [4.78, 5) is 5.93. The van der Waals surface area contributed by atoms with E-state index in [2.05, 4.69) is 31.3 Å². The number of hydrogen-bond donors (Lipinski definition) is 1. The van der Waals surface area contributed by atoms with Crippen LogP contribution in [0.3, 0.4) is 0 Å². The number of para-hydroxylation sites is 1. The first kappa shape index (κ1) is 14.6. The van der Waals surface area contributed by atoms with Crippen molar-refractivity contribution in [3.63, 3.8) is 0 Å². The molecule has 0 saturated carbocycles. The third-order valence-corrected chi connectivity index (χ3v) is 4.43. The number of aromatic nitrogens is 1. The van der Waals surface area contributed by atoms with Crippen LogP contribution in [-0.2, 0) is 0 Å². The summed E-state index contributed by atoms with van der Waals surface area (Å²) in [6.45, 7) is 4.19. The Morgan fingerprint density at radius 1 is 1.00 bits per heavy atom. The number of thiazole rings is 1. The Bertz CT molecular complexity index is 778. The van der Waals surface area contributed by atoms with Crippen molar-refractivity contribution >= 4 is 22.2 Å². The summed E-state index contributed by atoms with van der Waals surface area (Å²) >= 11 is 1.67. The second kappa shape index (κ2) is 6.20. The molecule has 0 spiro atoms. The first-order chi connectivity index (χ1) is 10.7. The van der Waals surface area contributed by atoms with E-state index in [9.17, 15) is 0 Å². The molecule has 0 unspecified atom stereocenters. The van der Waals surface area contributed by atoms with Crippen molar-refractivity contribution in [1.29, 1.82) is 0 Å². The zero-order valence-corrected chi connectivity index (χ0v) is 13.7. The van der Waals surface area contributed by atoms with Gasteiger partial charge in [0.2, 0.25) is 0 Å². The van der Waals surface area contributed by atoms with E-state index in [0.29, 0.717) is 0 Å². The number of nitrogens with one attached hydrogen (secondary N) is 1. The average Bonchev–Trinajstić information content (AvgIpc) is 2.90. The van der Waals surface area contributed by atoms with Crippen molar-refractivity contribution in [3.05, 3.63) is 59.0 Å². The van der Waals surface area contributed by atoms with Gasteiger partial charge in [-0.2, -0.15) is 0 Å². The fraction of sp³-hybridized carbons (Fsp3) is 0.167. The van der Waals surface area contributed by atoms with E-state index in [4.69, 9.17) is 9.72 Å². The van der Waals surface area contributed by atoms with Crippen molar-refractivity contribution in [2.75, 3.05) is 12.4 Å². The Balaban J connectivity index is 1.88. The maximum atomic E-state index is 5.20. The molecule has 0 bridgehead atoms. The molecule has 0 fully saturated rings. The maximum absolute atomic E-state index is 5.20. The molecule has 4 heteroatoms. The first-order valence-corrected chi connectivity index (χ1v) is 7.93. The number of hydrogen-bond acceptors (Lipinski definition) is 4. The molecule has 2 aromatic carbocycles. The molecule has 22 heavy (non-hydrogen) atoms. The molecule has 0 aliphatic carbocycles. The van der Waals surface area contributed by atoms with Gasteiger partial charge in [-0.25, -0.2) is 4.98 Å². The van der Waals surface area contributed by atoms with Gasteiger partial charge in [-0.05, 0) is 49.7 Å². The molecule has 3 rings (SSSR count). The van der Waals surface area contributed by atoms with E-state index in [-0.39, 0.29) is 0 Å². The van der Waals surface area contributed by atoms with Crippen LogP contribution in [-0.4, -0.2) is 12.1 Å². The second-order valence-corrected chi connectivity index (χ2v) is 6.30. The minimum Gasteiger partial charge on any atom is -0.497 e. The molecule has 1 aromatic heterocycles. The van der Waals surface area contributed by atoms with Crippen LogP contribution < -0.4 is 10.1 Å². The van der Waals surface area contributed by atoms with Crippen molar-refractivity contribution in [3.8, 4) is 17.0 Å². The summed E-state index contributed by atoms with van der Waals surface area (Å²) in [6, 6.07) is 16.2. The van der Waals surface area contributed by atoms with E-state index in [0.717, 1.165) is 27.8 Å². The summed E-state index contributed by atoms with van der Waals surface area (Å²) in [6.07, 6.45) is 0. The highest BCUT2D eigenvalue weighted by atomic mass is 32.1. The zero-order valence-electron chi connectivity index (χ0n) is 12.9. The lowest BCUT2D eigenvalue weighted by atomic mass is 10.1. The van der Waals surface area contributed by atoms with Crippen LogP contribution in [0.4, 0.5) is 10.8 Å². The van der Waals surface area contributed by atoms with Gasteiger partial charge in [0, 0.05) is 16.1 Å². The van der Waals surface area contributed by atoms with Crippen LogP contribution in [0.15, 0.2) is 48.5 Å². The number of aryl methyl sites for hydroxylation is 2. The Kier molecular flexibility index (Phi) is 4.11. The van der Waals surface area contributed by atoms with Crippen LogP contribution in [0.1, 0.15) is 10.4 Å². The molecule has 1 heterocycles. The van der Waals surface area contributed by atoms with Crippen LogP contribution in [0.25, 0.3) is 11.3 Å². The standard InChI is InChI=1S/C18H18N2OS/c1-12-6-4-5-7-16(12)19-18-20-17(13(2)22-18)14-8-10-15(21-3)11-9-14/h4-11H,1-3H3,(H,19,20). The molecule has 0 saturated heterocycles. The van der Waals surface area contributed by atoms with Gasteiger partial charge in [-0.1, -0.05) is 18.2 Å². The number of anilines is 2. The van der Waals surface area contributed by atoms with Gasteiger partial charge in [0.25, 0.3) is 0 Å². The van der Waals surface area contributed by atoms with Gasteiger partial charge in [-0.15, -0.1) is 11.3 Å². The monoisotopic (exact) mass is 310 g/mol. The number of benzene rings is 2. The number of methoxy groups -OCH3 is 1. The molecule has 0 radical (unpaired) electrons. The molecule has 3 nitrogen and oxygen atoms in total. The Labute approximate surface area is 134 Å². The molecule has 112 valence electrons. The van der Waals surface area contributed by atoms with E-state index < -0.39 is 0 Å². The minimum atomic E-state index is 0.856. The third kappa shape index (κ3) is 2.97. The molecule has 0 aliphatic rings. The van der Waals surface area contributed by atoms with E-state index in [1.165, 1.54) is 10.4 Å². The van der Waals surface area contributed by atoms with Crippen LogP contribution in [0.5, 0.6) is 5.75 Å². The summed E-state index contributed by atoms with van der Waals surface area (Å²) in [7, 11) is 1.67. The van der Waals surface area contributed by atoms with Gasteiger partial charge in [-0.3, -0.25) is 0 Å².